The quantitative estimate of drug-likeness (QED) is 0.383. The predicted octanol–water partition coefficient (Wildman–Crippen LogP) is 4.80. The molecule has 0 saturated carbocycles. The Labute approximate surface area is 190 Å². The third-order valence-electron chi connectivity index (χ3n) is 4.75. The van der Waals surface area contributed by atoms with Gasteiger partial charge in [-0.2, -0.15) is 0 Å². The fourth-order valence-corrected chi connectivity index (χ4v) is 3.12. The molecule has 0 aliphatic rings. The summed E-state index contributed by atoms with van der Waals surface area (Å²) in [4.78, 5) is 23.5. The summed E-state index contributed by atoms with van der Waals surface area (Å²) in [6, 6.07) is 15.2. The van der Waals surface area contributed by atoms with Gasteiger partial charge in [0.2, 0.25) is 0 Å². The van der Waals surface area contributed by atoms with Crippen molar-refractivity contribution in [2.45, 2.75) is 13.8 Å². The molecule has 3 N–H and O–H groups in total. The zero-order valence-corrected chi connectivity index (χ0v) is 18.1. The van der Waals surface area contributed by atoms with Gasteiger partial charge in [0.15, 0.2) is 0 Å². The average molecular weight is 439 g/mol. The molecule has 8 nitrogen and oxygen atoms in total. The molecular formula is C25H21N5O3. The molecule has 0 aliphatic carbocycles. The first-order valence-corrected chi connectivity index (χ1v) is 10.2. The molecule has 8 heteroatoms. The lowest BCUT2D eigenvalue weighted by atomic mass is 10.1. The van der Waals surface area contributed by atoms with Gasteiger partial charge in [-0.15, -0.1) is 0 Å². The van der Waals surface area contributed by atoms with E-state index in [1.54, 1.807) is 6.20 Å². The molecule has 2 aromatic carbocycles. The second kappa shape index (κ2) is 9.66. The number of nitrogens with zero attached hydrogens (tertiary/aromatic N) is 3. The van der Waals surface area contributed by atoms with Crippen molar-refractivity contribution in [3.63, 3.8) is 0 Å². The summed E-state index contributed by atoms with van der Waals surface area (Å²) in [6.07, 6.45) is 2.10. The van der Waals surface area contributed by atoms with Crippen molar-refractivity contribution >= 4 is 28.5 Å². The SMILES string of the molecule is Cc1ccc(Oc2ccc(Nc3ncnc4ccc(C#CCNC(=O)O)cc34)cc2C)cn1. The Morgan fingerprint density at radius 1 is 1.06 bits per heavy atom. The van der Waals surface area contributed by atoms with Crippen molar-refractivity contribution in [3.05, 3.63) is 77.9 Å². The molecule has 0 bridgehead atoms. The number of nitrogens with one attached hydrogen (secondary N) is 2. The lowest BCUT2D eigenvalue weighted by Crippen LogP contribution is -2.20. The van der Waals surface area contributed by atoms with Crippen LogP contribution < -0.4 is 15.4 Å². The molecule has 4 aromatic rings. The van der Waals surface area contributed by atoms with Crippen LogP contribution in [-0.4, -0.2) is 32.7 Å². The second-order valence-electron chi connectivity index (χ2n) is 7.26. The highest BCUT2D eigenvalue weighted by Crippen LogP contribution is 2.29. The van der Waals surface area contributed by atoms with Crippen molar-refractivity contribution in [2.75, 3.05) is 11.9 Å². The summed E-state index contributed by atoms with van der Waals surface area (Å²) < 4.78 is 5.94. The van der Waals surface area contributed by atoms with Crippen LogP contribution in [0.15, 0.2) is 61.1 Å². The van der Waals surface area contributed by atoms with Crippen LogP contribution >= 0.6 is 0 Å². The Bertz CT molecular complexity index is 1370. The number of hydrogen-bond donors (Lipinski definition) is 3. The van der Waals surface area contributed by atoms with Gasteiger partial charge in [-0.25, -0.2) is 14.8 Å². The second-order valence-corrected chi connectivity index (χ2v) is 7.26. The first-order valence-electron chi connectivity index (χ1n) is 10.2. The normalized spacial score (nSPS) is 10.2. The minimum atomic E-state index is -1.11. The standard InChI is InChI=1S/C25H21N5O3/c1-16-12-19(7-10-23(16)33-20-8-5-17(2)27-14-20)30-24-21-13-18(4-3-11-26-25(31)32)6-9-22(21)28-15-29-24/h5-10,12-15,26H,11H2,1-2H3,(H,31,32)(H,28,29,30). The van der Waals surface area contributed by atoms with E-state index in [9.17, 15) is 4.79 Å². The van der Waals surface area contributed by atoms with E-state index in [2.05, 4.69) is 37.4 Å². The molecule has 2 aromatic heterocycles. The van der Waals surface area contributed by atoms with Gasteiger partial charge in [-0.3, -0.25) is 4.98 Å². The van der Waals surface area contributed by atoms with Gasteiger partial charge >= 0.3 is 6.09 Å². The van der Waals surface area contributed by atoms with Crippen LogP contribution in [0.4, 0.5) is 16.3 Å². The smallest absolute Gasteiger partial charge is 0.405 e. The highest BCUT2D eigenvalue weighted by molar-refractivity contribution is 5.91. The Hall–Kier alpha value is -4.64. The summed E-state index contributed by atoms with van der Waals surface area (Å²) in [6.45, 7) is 3.95. The third kappa shape index (κ3) is 5.54. The van der Waals surface area contributed by atoms with Gasteiger partial charge in [0.05, 0.1) is 18.3 Å². The molecule has 33 heavy (non-hydrogen) atoms. The van der Waals surface area contributed by atoms with E-state index in [1.807, 2.05) is 62.4 Å². The zero-order chi connectivity index (χ0) is 23.2. The van der Waals surface area contributed by atoms with Crippen LogP contribution in [0.1, 0.15) is 16.8 Å². The van der Waals surface area contributed by atoms with E-state index in [0.717, 1.165) is 39.2 Å². The summed E-state index contributed by atoms with van der Waals surface area (Å²) in [5, 5.41) is 15.0. The van der Waals surface area contributed by atoms with Crippen molar-refractivity contribution in [2.24, 2.45) is 0 Å². The van der Waals surface area contributed by atoms with Gasteiger partial charge in [-0.05, 0) is 67.9 Å². The average Bonchev–Trinajstić information content (AvgIpc) is 2.80. The lowest BCUT2D eigenvalue weighted by molar-refractivity contribution is 0.196. The van der Waals surface area contributed by atoms with Crippen LogP contribution in [0.3, 0.4) is 0 Å². The molecule has 4 rings (SSSR count). The number of carboxylic acid groups (broad SMARTS) is 1. The lowest BCUT2D eigenvalue weighted by Gasteiger charge is -2.12. The van der Waals surface area contributed by atoms with Crippen molar-refractivity contribution in [3.8, 4) is 23.3 Å². The predicted molar refractivity (Wildman–Crippen MR) is 126 cm³/mol. The molecule has 2 heterocycles. The van der Waals surface area contributed by atoms with Gasteiger partial charge in [0.25, 0.3) is 0 Å². The summed E-state index contributed by atoms with van der Waals surface area (Å²) in [7, 11) is 0. The van der Waals surface area contributed by atoms with E-state index in [4.69, 9.17) is 9.84 Å². The number of fused-ring (bicyclic) bond motifs is 1. The van der Waals surface area contributed by atoms with Crippen molar-refractivity contribution < 1.29 is 14.6 Å². The number of amides is 1. The minimum absolute atomic E-state index is 0.0517. The molecule has 0 fully saturated rings. The minimum Gasteiger partial charge on any atom is -0.465 e. The van der Waals surface area contributed by atoms with Gasteiger partial charge in [0.1, 0.15) is 23.6 Å². The first kappa shape index (κ1) is 21.6. The maximum atomic E-state index is 10.5. The van der Waals surface area contributed by atoms with E-state index in [-0.39, 0.29) is 6.54 Å². The molecule has 164 valence electrons. The molecule has 0 spiro atoms. The van der Waals surface area contributed by atoms with Crippen LogP contribution in [0.25, 0.3) is 10.9 Å². The zero-order valence-electron chi connectivity index (χ0n) is 18.1. The molecule has 1 amide bonds. The fraction of sp³-hybridized carbons (Fsp3) is 0.120. The van der Waals surface area contributed by atoms with Gasteiger partial charge in [-0.1, -0.05) is 11.8 Å². The fourth-order valence-electron chi connectivity index (χ4n) is 3.12. The van der Waals surface area contributed by atoms with Gasteiger partial charge in [0, 0.05) is 22.3 Å². The number of hydrogen-bond acceptors (Lipinski definition) is 6. The van der Waals surface area contributed by atoms with Gasteiger partial charge < -0.3 is 20.5 Å². The van der Waals surface area contributed by atoms with E-state index in [1.165, 1.54) is 6.33 Å². The van der Waals surface area contributed by atoms with Crippen LogP contribution in [0.2, 0.25) is 0 Å². The highest BCUT2D eigenvalue weighted by atomic mass is 16.5. The topological polar surface area (TPSA) is 109 Å². The number of pyridine rings is 1. The molecule has 0 radical (unpaired) electrons. The summed E-state index contributed by atoms with van der Waals surface area (Å²) in [5.74, 6) is 7.79. The number of anilines is 2. The van der Waals surface area contributed by atoms with Crippen molar-refractivity contribution in [1.29, 1.82) is 0 Å². The monoisotopic (exact) mass is 439 g/mol. The first-order chi connectivity index (χ1) is 16.0. The molecular weight excluding hydrogens is 418 g/mol. The molecule has 0 aliphatic heterocycles. The molecule has 0 atom stereocenters. The van der Waals surface area contributed by atoms with Crippen LogP contribution in [0, 0.1) is 25.7 Å². The van der Waals surface area contributed by atoms with E-state index >= 15 is 0 Å². The number of ether oxygens (including phenoxy) is 1. The van der Waals surface area contributed by atoms with Crippen LogP contribution in [-0.2, 0) is 0 Å². The third-order valence-corrected chi connectivity index (χ3v) is 4.75. The van der Waals surface area contributed by atoms with E-state index in [0.29, 0.717) is 11.6 Å². The van der Waals surface area contributed by atoms with Crippen molar-refractivity contribution in [1.82, 2.24) is 20.3 Å². The number of benzene rings is 2. The Balaban J connectivity index is 1.55. The molecule has 0 unspecified atom stereocenters. The Kier molecular flexibility index (Phi) is 6.32. The Morgan fingerprint density at radius 2 is 1.94 bits per heavy atom. The molecule has 0 saturated heterocycles. The highest BCUT2D eigenvalue weighted by Gasteiger charge is 2.08. The van der Waals surface area contributed by atoms with E-state index < -0.39 is 6.09 Å². The maximum Gasteiger partial charge on any atom is 0.405 e. The summed E-state index contributed by atoms with van der Waals surface area (Å²) >= 11 is 0. The number of aryl methyl sites for hydroxylation is 2. The Morgan fingerprint density at radius 3 is 2.70 bits per heavy atom. The number of rotatable bonds is 5. The maximum absolute atomic E-state index is 10.5. The summed E-state index contributed by atoms with van der Waals surface area (Å²) in [5.41, 5.74) is 4.24. The largest absolute Gasteiger partial charge is 0.465 e. The van der Waals surface area contributed by atoms with Crippen LogP contribution in [0.5, 0.6) is 11.5 Å². The number of aromatic nitrogens is 3. The number of carbonyl (C=O) groups is 1.